The van der Waals surface area contributed by atoms with E-state index in [4.69, 9.17) is 13.3 Å². The minimum absolute atomic E-state index is 0.0167. The highest BCUT2D eigenvalue weighted by Crippen LogP contribution is 2.18. The van der Waals surface area contributed by atoms with Gasteiger partial charge >= 0.3 is 5.76 Å². The minimum atomic E-state index is -0.629. The Morgan fingerprint density at radius 2 is 1.83 bits per heavy atom. The highest BCUT2D eigenvalue weighted by Gasteiger charge is 2.15. The molecule has 23 heavy (non-hydrogen) atoms. The van der Waals surface area contributed by atoms with Crippen molar-refractivity contribution in [2.24, 2.45) is 0 Å². The first-order valence-electron chi connectivity index (χ1n) is 6.79. The molecule has 3 aromatic heterocycles. The van der Waals surface area contributed by atoms with Crippen LogP contribution in [0.25, 0.3) is 23.1 Å². The third-order valence-electron chi connectivity index (χ3n) is 3.11. The van der Waals surface area contributed by atoms with Crippen LogP contribution in [-0.4, -0.2) is 20.0 Å². The summed E-state index contributed by atoms with van der Waals surface area (Å²) in [6.07, 6.45) is 1.47. The molecular formula is C15H10N4O4. The van der Waals surface area contributed by atoms with Crippen molar-refractivity contribution in [3.8, 4) is 23.1 Å². The highest BCUT2D eigenvalue weighted by atomic mass is 16.4. The van der Waals surface area contributed by atoms with Gasteiger partial charge in [-0.25, -0.2) is 4.79 Å². The molecule has 8 heteroatoms. The first kappa shape index (κ1) is 13.3. The number of benzene rings is 1. The molecule has 0 amide bonds. The van der Waals surface area contributed by atoms with Crippen molar-refractivity contribution in [1.82, 2.24) is 20.0 Å². The van der Waals surface area contributed by atoms with E-state index in [0.29, 0.717) is 11.7 Å². The zero-order chi connectivity index (χ0) is 15.6. The van der Waals surface area contributed by atoms with Gasteiger partial charge in [-0.2, -0.15) is 4.68 Å². The zero-order valence-corrected chi connectivity index (χ0v) is 11.7. The molecule has 0 saturated heterocycles. The number of hydrogen-bond donors (Lipinski definition) is 0. The molecule has 0 atom stereocenters. The van der Waals surface area contributed by atoms with Crippen LogP contribution in [-0.2, 0) is 6.54 Å². The van der Waals surface area contributed by atoms with Gasteiger partial charge in [-0.3, -0.25) is 0 Å². The fourth-order valence-electron chi connectivity index (χ4n) is 2.05. The number of aromatic nitrogens is 4. The molecule has 0 aliphatic heterocycles. The van der Waals surface area contributed by atoms with Crippen LogP contribution in [0.4, 0.5) is 0 Å². The summed E-state index contributed by atoms with van der Waals surface area (Å²) in [5, 5.41) is 11.9. The maximum absolute atomic E-state index is 11.8. The van der Waals surface area contributed by atoms with E-state index in [1.54, 1.807) is 12.1 Å². The fourth-order valence-corrected chi connectivity index (χ4v) is 2.05. The topological polar surface area (TPSA) is 100 Å². The van der Waals surface area contributed by atoms with Crippen molar-refractivity contribution in [3.63, 3.8) is 0 Å². The average Bonchev–Trinajstić information content (AvgIpc) is 3.31. The lowest BCUT2D eigenvalue weighted by Gasteiger charge is -1.93. The molecule has 0 bridgehead atoms. The summed E-state index contributed by atoms with van der Waals surface area (Å²) < 4.78 is 16.8. The molecule has 0 saturated carbocycles. The van der Waals surface area contributed by atoms with E-state index in [-0.39, 0.29) is 18.3 Å². The zero-order valence-electron chi connectivity index (χ0n) is 11.7. The van der Waals surface area contributed by atoms with E-state index in [9.17, 15) is 4.79 Å². The maximum Gasteiger partial charge on any atom is 0.437 e. The van der Waals surface area contributed by atoms with Gasteiger partial charge in [0.25, 0.3) is 5.89 Å². The lowest BCUT2D eigenvalue weighted by molar-refractivity contribution is 0.442. The molecule has 0 radical (unpaired) electrons. The van der Waals surface area contributed by atoms with Gasteiger partial charge in [0.05, 0.1) is 6.26 Å². The summed E-state index contributed by atoms with van der Waals surface area (Å²) in [6.45, 7) is 0.0167. The van der Waals surface area contributed by atoms with Crippen molar-refractivity contribution in [1.29, 1.82) is 0 Å². The second-order valence-corrected chi connectivity index (χ2v) is 4.68. The molecule has 4 aromatic rings. The lowest BCUT2D eigenvalue weighted by Crippen LogP contribution is -2.16. The van der Waals surface area contributed by atoms with E-state index >= 15 is 0 Å². The van der Waals surface area contributed by atoms with E-state index in [1.165, 1.54) is 6.26 Å². The van der Waals surface area contributed by atoms with E-state index < -0.39 is 5.76 Å². The molecular weight excluding hydrogens is 300 g/mol. The van der Waals surface area contributed by atoms with Crippen molar-refractivity contribution >= 4 is 0 Å². The molecule has 114 valence electrons. The van der Waals surface area contributed by atoms with E-state index in [0.717, 1.165) is 10.2 Å². The first-order valence-corrected chi connectivity index (χ1v) is 6.79. The van der Waals surface area contributed by atoms with Gasteiger partial charge in [0.15, 0.2) is 5.76 Å². The summed E-state index contributed by atoms with van der Waals surface area (Å²) in [5.41, 5.74) is 0.801. The maximum atomic E-state index is 11.8. The van der Waals surface area contributed by atoms with Gasteiger partial charge in [-0.15, -0.1) is 15.3 Å². The molecule has 0 aliphatic carbocycles. The Labute approximate surface area is 129 Å². The third kappa shape index (κ3) is 2.57. The lowest BCUT2D eigenvalue weighted by atomic mass is 10.2. The summed E-state index contributed by atoms with van der Waals surface area (Å²) in [4.78, 5) is 11.8. The predicted molar refractivity (Wildman–Crippen MR) is 77.3 cm³/mol. The minimum Gasteiger partial charge on any atom is -0.459 e. The summed E-state index contributed by atoms with van der Waals surface area (Å²) in [7, 11) is 0. The van der Waals surface area contributed by atoms with Crippen LogP contribution >= 0.6 is 0 Å². The quantitative estimate of drug-likeness (QED) is 0.569. The van der Waals surface area contributed by atoms with Gasteiger partial charge in [0.2, 0.25) is 11.8 Å². The van der Waals surface area contributed by atoms with Gasteiger partial charge < -0.3 is 13.3 Å². The van der Waals surface area contributed by atoms with Gasteiger partial charge in [0, 0.05) is 5.56 Å². The predicted octanol–water partition coefficient (Wildman–Crippen LogP) is 2.19. The monoisotopic (exact) mass is 310 g/mol. The van der Waals surface area contributed by atoms with Crippen molar-refractivity contribution in [2.75, 3.05) is 0 Å². The Bertz CT molecular complexity index is 967. The van der Waals surface area contributed by atoms with Gasteiger partial charge in [-0.1, -0.05) is 18.2 Å². The van der Waals surface area contributed by atoms with Crippen molar-refractivity contribution < 1.29 is 13.3 Å². The third-order valence-corrected chi connectivity index (χ3v) is 3.11. The Morgan fingerprint density at radius 1 is 0.957 bits per heavy atom. The number of furan rings is 1. The molecule has 4 rings (SSSR count). The largest absolute Gasteiger partial charge is 0.459 e. The van der Waals surface area contributed by atoms with Crippen LogP contribution in [0.3, 0.4) is 0 Å². The normalized spacial score (nSPS) is 11.0. The number of rotatable bonds is 4. The molecule has 8 nitrogen and oxygen atoms in total. The summed E-state index contributed by atoms with van der Waals surface area (Å²) in [6, 6.07) is 12.7. The van der Waals surface area contributed by atoms with Crippen LogP contribution in [0.15, 0.2) is 66.8 Å². The first-order chi connectivity index (χ1) is 11.3. The second kappa shape index (κ2) is 5.41. The van der Waals surface area contributed by atoms with Crippen molar-refractivity contribution in [3.05, 3.63) is 65.2 Å². The molecule has 0 fully saturated rings. The van der Waals surface area contributed by atoms with Crippen LogP contribution in [0.2, 0.25) is 0 Å². The number of hydrogen-bond acceptors (Lipinski definition) is 7. The van der Waals surface area contributed by atoms with Crippen LogP contribution in [0.5, 0.6) is 0 Å². The van der Waals surface area contributed by atoms with Crippen molar-refractivity contribution in [2.45, 2.75) is 6.54 Å². The highest BCUT2D eigenvalue weighted by molar-refractivity contribution is 5.51. The van der Waals surface area contributed by atoms with E-state index in [1.807, 2.05) is 30.3 Å². The second-order valence-electron chi connectivity index (χ2n) is 4.68. The van der Waals surface area contributed by atoms with Crippen LogP contribution in [0.1, 0.15) is 5.89 Å². The average molecular weight is 310 g/mol. The molecule has 0 spiro atoms. The van der Waals surface area contributed by atoms with E-state index in [2.05, 4.69) is 15.3 Å². The van der Waals surface area contributed by atoms with Gasteiger partial charge in [-0.05, 0) is 24.3 Å². The Balaban J connectivity index is 1.60. The van der Waals surface area contributed by atoms with Crippen LogP contribution in [0, 0.1) is 0 Å². The standard InChI is InChI=1S/C15H10N4O4/c20-15-19(18-14(23-15)11-7-4-8-21-11)9-12-16-17-13(22-12)10-5-2-1-3-6-10/h1-8H,9H2. The smallest absolute Gasteiger partial charge is 0.437 e. The Hall–Kier alpha value is -3.42. The fraction of sp³-hybridized carbons (Fsp3) is 0.0667. The van der Waals surface area contributed by atoms with Gasteiger partial charge in [0.1, 0.15) is 6.54 Å². The summed E-state index contributed by atoms with van der Waals surface area (Å²) >= 11 is 0. The number of nitrogens with zero attached hydrogens (tertiary/aromatic N) is 4. The molecule has 0 aliphatic rings. The molecule has 0 unspecified atom stereocenters. The Kier molecular flexibility index (Phi) is 3.12. The molecule has 1 aromatic carbocycles. The summed E-state index contributed by atoms with van der Waals surface area (Å²) in [5.74, 6) is 0.476. The molecule has 0 N–H and O–H groups in total. The Morgan fingerprint density at radius 3 is 2.61 bits per heavy atom. The molecule has 3 heterocycles. The van der Waals surface area contributed by atoms with Crippen LogP contribution < -0.4 is 5.76 Å². The SMILES string of the molecule is O=c1oc(-c2ccco2)nn1Cc1nnc(-c2ccccc2)o1.